The van der Waals surface area contributed by atoms with Crippen LogP contribution in [-0.4, -0.2) is 24.5 Å². The van der Waals surface area contributed by atoms with E-state index in [0.717, 1.165) is 0 Å². The summed E-state index contributed by atoms with van der Waals surface area (Å²) in [5, 5.41) is 6.86. The van der Waals surface area contributed by atoms with Crippen LogP contribution in [0.15, 0.2) is 47.6 Å². The van der Waals surface area contributed by atoms with Crippen molar-refractivity contribution in [2.45, 2.75) is 13.5 Å². The van der Waals surface area contributed by atoms with Crippen molar-refractivity contribution in [2.75, 3.05) is 12.4 Å². The summed E-state index contributed by atoms with van der Waals surface area (Å²) < 4.78 is 47.7. The molecule has 0 radical (unpaired) electrons. The normalized spacial score (nSPS) is 11.2. The second-order valence-corrected chi connectivity index (χ2v) is 5.40. The van der Waals surface area contributed by atoms with E-state index in [1.165, 1.54) is 31.4 Å². The van der Waals surface area contributed by atoms with E-state index in [9.17, 15) is 13.2 Å². The number of nitrogens with one attached hydrogen (secondary N) is 2. The lowest BCUT2D eigenvalue weighted by Crippen LogP contribution is -2.25. The Morgan fingerprint density at radius 1 is 1.15 bits per heavy atom. The molecule has 26 heavy (non-hydrogen) atoms. The van der Waals surface area contributed by atoms with Gasteiger partial charge in [-0.25, -0.2) is 4.39 Å². The van der Waals surface area contributed by atoms with E-state index in [4.69, 9.17) is 17.0 Å². The molecule has 0 spiro atoms. The number of benzene rings is 2. The van der Waals surface area contributed by atoms with Crippen LogP contribution in [0.2, 0.25) is 0 Å². The van der Waals surface area contributed by atoms with Crippen LogP contribution in [0, 0.1) is 5.82 Å². The molecule has 2 N–H and O–H groups in total. The third kappa shape index (κ3) is 5.35. The standard InChI is InChI=1S/C17H16F3N3O2S/c1-10(11-7-8-14(25-16(19)20)15(9-11)24-2)22-23-17(26)21-13-6-4-3-5-12(13)18/h3-9,16H,1-2H3,(H2,21,23,26)/b22-10-. The van der Waals surface area contributed by atoms with Crippen molar-refractivity contribution in [3.05, 3.63) is 53.8 Å². The molecule has 0 amide bonds. The van der Waals surface area contributed by atoms with Gasteiger partial charge in [-0.2, -0.15) is 13.9 Å². The Kier molecular flexibility index (Phi) is 6.79. The van der Waals surface area contributed by atoms with Crippen LogP contribution in [0.3, 0.4) is 0 Å². The zero-order valence-corrected chi connectivity index (χ0v) is 14.7. The second kappa shape index (κ2) is 9.04. The minimum atomic E-state index is -2.95. The first kappa shape index (κ1) is 19.5. The molecule has 2 aromatic rings. The smallest absolute Gasteiger partial charge is 0.387 e. The van der Waals surface area contributed by atoms with Gasteiger partial charge in [0.2, 0.25) is 0 Å². The highest BCUT2D eigenvalue weighted by atomic mass is 32.1. The second-order valence-electron chi connectivity index (χ2n) is 4.99. The van der Waals surface area contributed by atoms with Crippen molar-refractivity contribution in [1.29, 1.82) is 0 Å². The molecule has 0 aliphatic heterocycles. The third-order valence-corrected chi connectivity index (χ3v) is 3.44. The highest BCUT2D eigenvalue weighted by Gasteiger charge is 2.12. The average molecular weight is 383 g/mol. The van der Waals surface area contributed by atoms with Crippen molar-refractivity contribution >= 4 is 28.7 Å². The van der Waals surface area contributed by atoms with Crippen LogP contribution in [0.25, 0.3) is 0 Å². The number of hydrogen-bond acceptors (Lipinski definition) is 4. The number of alkyl halides is 2. The van der Waals surface area contributed by atoms with E-state index in [1.807, 2.05) is 0 Å². The van der Waals surface area contributed by atoms with Gasteiger partial charge in [-0.15, -0.1) is 0 Å². The van der Waals surface area contributed by atoms with E-state index in [2.05, 4.69) is 20.6 Å². The van der Waals surface area contributed by atoms with Crippen LogP contribution in [0.4, 0.5) is 18.9 Å². The van der Waals surface area contributed by atoms with E-state index >= 15 is 0 Å². The molecule has 0 heterocycles. The maximum Gasteiger partial charge on any atom is 0.387 e. The zero-order valence-electron chi connectivity index (χ0n) is 13.9. The van der Waals surface area contributed by atoms with Crippen LogP contribution in [0.1, 0.15) is 12.5 Å². The van der Waals surface area contributed by atoms with Crippen LogP contribution >= 0.6 is 12.2 Å². The predicted octanol–water partition coefficient (Wildman–Crippen LogP) is 4.15. The molecule has 0 fully saturated rings. The minimum absolute atomic E-state index is 0.0799. The summed E-state index contributed by atoms with van der Waals surface area (Å²) in [4.78, 5) is 0. The lowest BCUT2D eigenvalue weighted by atomic mass is 10.1. The topological polar surface area (TPSA) is 54.9 Å². The number of thiocarbonyl (C=S) groups is 1. The number of para-hydroxylation sites is 1. The largest absolute Gasteiger partial charge is 0.493 e. The highest BCUT2D eigenvalue weighted by Crippen LogP contribution is 2.29. The lowest BCUT2D eigenvalue weighted by Gasteiger charge is -2.12. The monoisotopic (exact) mass is 383 g/mol. The lowest BCUT2D eigenvalue weighted by molar-refractivity contribution is -0.0512. The number of halogens is 3. The number of ether oxygens (including phenoxy) is 2. The molecule has 138 valence electrons. The van der Waals surface area contributed by atoms with Gasteiger partial charge in [0.1, 0.15) is 5.82 Å². The summed E-state index contributed by atoms with van der Waals surface area (Å²) in [6.45, 7) is -1.27. The van der Waals surface area contributed by atoms with Gasteiger partial charge in [0.25, 0.3) is 0 Å². The van der Waals surface area contributed by atoms with Crippen molar-refractivity contribution in [2.24, 2.45) is 5.10 Å². The van der Waals surface area contributed by atoms with Gasteiger partial charge >= 0.3 is 6.61 Å². The average Bonchev–Trinajstić information content (AvgIpc) is 2.61. The van der Waals surface area contributed by atoms with Gasteiger partial charge in [0.05, 0.1) is 18.5 Å². The molecular weight excluding hydrogens is 367 g/mol. The first-order valence-electron chi connectivity index (χ1n) is 7.39. The number of nitrogens with zero attached hydrogens (tertiary/aromatic N) is 1. The van der Waals surface area contributed by atoms with Crippen LogP contribution in [0.5, 0.6) is 11.5 Å². The Balaban J connectivity index is 2.06. The van der Waals surface area contributed by atoms with Gasteiger partial charge < -0.3 is 14.8 Å². The number of hydrazone groups is 1. The number of methoxy groups -OCH3 is 1. The van der Waals surface area contributed by atoms with Crippen molar-refractivity contribution in [3.63, 3.8) is 0 Å². The zero-order chi connectivity index (χ0) is 19.1. The molecule has 0 saturated heterocycles. The number of anilines is 1. The van der Waals surface area contributed by atoms with Crippen LogP contribution < -0.4 is 20.2 Å². The first-order valence-corrected chi connectivity index (χ1v) is 7.80. The molecule has 2 aromatic carbocycles. The van der Waals surface area contributed by atoms with Gasteiger partial charge in [-0.05, 0) is 49.5 Å². The van der Waals surface area contributed by atoms with Crippen molar-refractivity contribution in [1.82, 2.24) is 5.43 Å². The fraction of sp³-hybridized carbons (Fsp3) is 0.176. The van der Waals surface area contributed by atoms with E-state index in [1.54, 1.807) is 25.1 Å². The number of hydrogen-bond donors (Lipinski definition) is 2. The summed E-state index contributed by atoms with van der Waals surface area (Å²) in [5.41, 5.74) is 3.91. The Labute approximate surface area is 153 Å². The van der Waals surface area contributed by atoms with Crippen molar-refractivity contribution in [3.8, 4) is 11.5 Å². The Morgan fingerprint density at radius 3 is 2.54 bits per heavy atom. The molecular formula is C17H16F3N3O2S. The summed E-state index contributed by atoms with van der Waals surface area (Å²) in [7, 11) is 1.34. The van der Waals surface area contributed by atoms with Gasteiger partial charge in [0, 0.05) is 5.56 Å². The molecule has 5 nitrogen and oxygen atoms in total. The summed E-state index contributed by atoms with van der Waals surface area (Å²) in [6, 6.07) is 10.5. The van der Waals surface area contributed by atoms with Gasteiger partial charge in [-0.1, -0.05) is 12.1 Å². The van der Waals surface area contributed by atoms with Gasteiger partial charge in [-0.3, -0.25) is 5.43 Å². The minimum Gasteiger partial charge on any atom is -0.493 e. The number of rotatable bonds is 6. The molecule has 9 heteroatoms. The van der Waals surface area contributed by atoms with Crippen LogP contribution in [-0.2, 0) is 0 Å². The highest BCUT2D eigenvalue weighted by molar-refractivity contribution is 7.80. The fourth-order valence-electron chi connectivity index (χ4n) is 2.00. The Bertz CT molecular complexity index is 816. The quantitative estimate of drug-likeness (QED) is 0.446. The molecule has 0 unspecified atom stereocenters. The molecule has 0 bridgehead atoms. The maximum atomic E-state index is 13.6. The molecule has 0 aromatic heterocycles. The summed E-state index contributed by atoms with van der Waals surface area (Å²) in [6.07, 6.45) is 0. The summed E-state index contributed by atoms with van der Waals surface area (Å²) in [5.74, 6) is -0.384. The SMILES string of the molecule is COc1cc(/C(C)=N\NC(=S)Nc2ccccc2F)ccc1OC(F)F. The van der Waals surface area contributed by atoms with E-state index in [0.29, 0.717) is 11.3 Å². The van der Waals surface area contributed by atoms with Crippen molar-refractivity contribution < 1.29 is 22.6 Å². The predicted molar refractivity (Wildman–Crippen MR) is 97.6 cm³/mol. The van der Waals surface area contributed by atoms with E-state index < -0.39 is 12.4 Å². The molecule has 0 aliphatic rings. The first-order chi connectivity index (χ1) is 12.4. The third-order valence-electron chi connectivity index (χ3n) is 3.24. The summed E-state index contributed by atoms with van der Waals surface area (Å²) >= 11 is 5.06. The Morgan fingerprint density at radius 2 is 1.88 bits per heavy atom. The Hall–Kier alpha value is -2.81. The maximum absolute atomic E-state index is 13.6. The molecule has 0 aliphatic carbocycles. The van der Waals surface area contributed by atoms with E-state index in [-0.39, 0.29) is 22.3 Å². The molecule has 0 saturated carbocycles. The fourth-order valence-corrected chi connectivity index (χ4v) is 2.15. The molecule has 2 rings (SSSR count). The molecule has 0 atom stereocenters. The van der Waals surface area contributed by atoms with Gasteiger partial charge in [0.15, 0.2) is 16.6 Å².